The van der Waals surface area contributed by atoms with Crippen LogP contribution in [0, 0.1) is 0 Å². The highest BCUT2D eigenvalue weighted by Crippen LogP contribution is 1.96. The second-order valence-corrected chi connectivity index (χ2v) is 1.34. The van der Waals surface area contributed by atoms with E-state index in [1.165, 1.54) is 0 Å². The molecule has 1 nitrogen and oxygen atoms in total. The first-order chi connectivity index (χ1) is 6.91. The smallest absolute Gasteiger partial charge is 0.124 e. The molecule has 0 bridgehead atoms. The van der Waals surface area contributed by atoms with E-state index in [-0.39, 0.29) is 11.8 Å². The Hall–Kier alpha value is -1.11. The molecule has 0 aromatic heterocycles. The van der Waals surface area contributed by atoms with Crippen molar-refractivity contribution in [3.8, 4) is 0 Å². The van der Waals surface area contributed by atoms with Crippen LogP contribution in [-0.4, -0.2) is 6.29 Å². The molecule has 9 heavy (non-hydrogen) atoms. The van der Waals surface area contributed by atoms with E-state index in [2.05, 4.69) is 0 Å². The molecule has 0 fully saturated rings. The summed E-state index contributed by atoms with van der Waals surface area (Å²) in [5.41, 5.74) is -0.281. The van der Waals surface area contributed by atoms with Crippen LogP contribution in [0.15, 0.2) is 30.2 Å². The van der Waals surface area contributed by atoms with Crippen molar-refractivity contribution >= 4 is 6.29 Å². The molecule has 1 aromatic rings. The van der Waals surface area contributed by atoms with Gasteiger partial charge in [-0.15, -0.1) is 0 Å². The maximum Gasteiger partial charge on any atom is 0.124 e. The molecule has 1 unspecified atom stereocenters. The average molecular weight is 126 g/mol. The number of benzene rings is 1. The molecule has 0 heterocycles. The maximum atomic E-state index is 10.4. The summed E-state index contributed by atoms with van der Waals surface area (Å²) in [6, 6.07) is -2.55. The summed E-state index contributed by atoms with van der Waals surface area (Å²) in [6.07, 6.45) is -1.22. The van der Waals surface area contributed by atoms with Gasteiger partial charge >= 0.3 is 0 Å². The molecule has 1 atom stereocenters. The molecule has 0 aliphatic heterocycles. The Morgan fingerprint density at radius 1 is 1.56 bits per heavy atom. The van der Waals surface area contributed by atoms with Gasteiger partial charge in [0, 0.05) is 7.77 Å². The molecule has 0 radical (unpaired) electrons. The van der Waals surface area contributed by atoms with E-state index in [0.29, 0.717) is 0 Å². The van der Waals surface area contributed by atoms with Gasteiger partial charge in [-0.1, -0.05) is 30.2 Å². The van der Waals surface area contributed by atoms with E-state index in [1.54, 1.807) is 0 Å². The van der Waals surface area contributed by atoms with Crippen molar-refractivity contribution in [1.82, 2.24) is 0 Å². The SMILES string of the molecule is [2H]c1c([2H])c([2H])c(C([2H])C=O)c([2H])c1[2H]. The Bertz CT molecular complexity index is 387. The average Bonchev–Trinajstić information content (AvgIpc) is 2.23. The van der Waals surface area contributed by atoms with Crippen molar-refractivity contribution in [2.45, 2.75) is 6.40 Å². The van der Waals surface area contributed by atoms with Crippen molar-refractivity contribution in [3.05, 3.63) is 35.8 Å². The highest BCUT2D eigenvalue weighted by atomic mass is 16.1. The van der Waals surface area contributed by atoms with Crippen LogP contribution < -0.4 is 0 Å². The summed E-state index contributed by atoms with van der Waals surface area (Å²) in [5, 5.41) is 0. The molecule has 0 saturated heterocycles. The van der Waals surface area contributed by atoms with E-state index < -0.39 is 36.6 Å². The molecule has 0 aliphatic rings. The van der Waals surface area contributed by atoms with Crippen LogP contribution in [-0.2, 0) is 11.2 Å². The molecule has 0 saturated carbocycles. The standard InChI is InChI=1S/C8H8O/c9-7-6-8-4-2-1-3-5-8/h1-5,7H,6H2/i1D,2D,3D,4D,5D,6D. The van der Waals surface area contributed by atoms with Crippen LogP contribution in [0.3, 0.4) is 0 Å². The zero-order valence-electron chi connectivity index (χ0n) is 10.6. The molecule has 0 amide bonds. The number of rotatable bonds is 2. The number of carbonyl (C=O) groups excluding carboxylic acids is 1. The third kappa shape index (κ3) is 1.68. The summed E-state index contributed by atoms with van der Waals surface area (Å²) < 4.78 is 44.0. The highest BCUT2D eigenvalue weighted by molar-refractivity contribution is 5.54. The number of hydrogen-bond donors (Lipinski definition) is 0. The zero-order valence-corrected chi connectivity index (χ0v) is 4.56. The zero-order chi connectivity index (χ0) is 11.7. The molecule has 46 valence electrons. The van der Waals surface area contributed by atoms with E-state index in [4.69, 9.17) is 8.22 Å². The normalized spacial score (nSPS) is 21.8. The van der Waals surface area contributed by atoms with Gasteiger partial charge in [-0.2, -0.15) is 0 Å². The van der Waals surface area contributed by atoms with Gasteiger partial charge in [0.15, 0.2) is 0 Å². The van der Waals surface area contributed by atoms with Gasteiger partial charge in [-0.05, 0) is 5.56 Å². The Kier molecular flexibility index (Phi) is 0.652. The second-order valence-electron chi connectivity index (χ2n) is 1.34. The van der Waals surface area contributed by atoms with Crippen LogP contribution in [0.5, 0.6) is 0 Å². The molecule has 0 spiro atoms. The fourth-order valence-corrected chi connectivity index (χ4v) is 0.411. The topological polar surface area (TPSA) is 17.1 Å². The minimum Gasteiger partial charge on any atom is -0.303 e. The first-order valence-electron chi connectivity index (χ1n) is 5.44. The van der Waals surface area contributed by atoms with Crippen LogP contribution in [0.4, 0.5) is 0 Å². The summed E-state index contributed by atoms with van der Waals surface area (Å²) >= 11 is 0. The van der Waals surface area contributed by atoms with Crippen molar-refractivity contribution in [1.29, 1.82) is 0 Å². The fourth-order valence-electron chi connectivity index (χ4n) is 0.411. The molecular formula is C8H8O. The van der Waals surface area contributed by atoms with Gasteiger partial charge in [0.2, 0.25) is 0 Å². The first-order valence-corrected chi connectivity index (χ1v) is 2.36. The van der Waals surface area contributed by atoms with Crippen molar-refractivity contribution < 1.29 is 13.0 Å². The summed E-state index contributed by atoms with van der Waals surface area (Å²) in [6.45, 7) is 0. The number of hydrogen-bond acceptors (Lipinski definition) is 1. The highest BCUT2D eigenvalue weighted by Gasteiger charge is 1.84. The van der Waals surface area contributed by atoms with Crippen LogP contribution in [0.2, 0.25) is 0 Å². The summed E-state index contributed by atoms with van der Waals surface area (Å²) in [4.78, 5) is 10.4. The minimum absolute atomic E-state index is 0.230. The summed E-state index contributed by atoms with van der Waals surface area (Å²) in [5.74, 6) is 0. The minimum atomic E-state index is -1.45. The Morgan fingerprint density at radius 3 is 2.78 bits per heavy atom. The first kappa shape index (κ1) is 1.94. The van der Waals surface area contributed by atoms with Crippen molar-refractivity contribution in [2.75, 3.05) is 0 Å². The third-order valence-electron chi connectivity index (χ3n) is 0.754. The van der Waals surface area contributed by atoms with Crippen LogP contribution in [0.1, 0.15) is 13.8 Å². The van der Waals surface area contributed by atoms with Gasteiger partial charge in [0.05, 0.1) is 6.85 Å². The van der Waals surface area contributed by atoms with E-state index in [0.717, 1.165) is 0 Å². The lowest BCUT2D eigenvalue weighted by Crippen LogP contribution is -1.82. The van der Waals surface area contributed by atoms with Gasteiger partial charge in [-0.3, -0.25) is 0 Å². The van der Waals surface area contributed by atoms with Gasteiger partial charge in [-0.25, -0.2) is 0 Å². The second kappa shape index (κ2) is 3.02. The monoisotopic (exact) mass is 126 g/mol. The van der Waals surface area contributed by atoms with Gasteiger partial charge < -0.3 is 4.79 Å². The third-order valence-corrected chi connectivity index (χ3v) is 0.754. The molecule has 1 aromatic carbocycles. The lowest BCUT2D eigenvalue weighted by Gasteiger charge is -1.89. The Balaban J connectivity index is 3.59. The lowest BCUT2D eigenvalue weighted by molar-refractivity contribution is -0.107. The van der Waals surface area contributed by atoms with Gasteiger partial charge in [0.1, 0.15) is 6.29 Å². The molecule has 1 rings (SSSR count). The van der Waals surface area contributed by atoms with E-state index >= 15 is 0 Å². The molecular weight excluding hydrogens is 112 g/mol. The maximum absolute atomic E-state index is 10.4. The summed E-state index contributed by atoms with van der Waals surface area (Å²) in [7, 11) is 0. The largest absolute Gasteiger partial charge is 0.303 e. The molecule has 0 aliphatic carbocycles. The van der Waals surface area contributed by atoms with Crippen LogP contribution in [0.25, 0.3) is 0 Å². The van der Waals surface area contributed by atoms with Crippen molar-refractivity contribution in [3.63, 3.8) is 0 Å². The quantitative estimate of drug-likeness (QED) is 0.548. The molecule has 0 N–H and O–H groups in total. The Morgan fingerprint density at radius 2 is 2.22 bits per heavy atom. The lowest BCUT2D eigenvalue weighted by atomic mass is 10.2. The van der Waals surface area contributed by atoms with Gasteiger partial charge in [0.25, 0.3) is 0 Å². The fraction of sp³-hybridized carbons (Fsp3) is 0.125. The van der Waals surface area contributed by atoms with E-state index in [1.807, 2.05) is 0 Å². The molecule has 1 heteroatoms. The predicted octanol–water partition coefficient (Wildman–Crippen LogP) is 1.43. The van der Waals surface area contributed by atoms with Crippen LogP contribution >= 0.6 is 0 Å². The predicted molar refractivity (Wildman–Crippen MR) is 36.2 cm³/mol. The van der Waals surface area contributed by atoms with Crippen molar-refractivity contribution in [2.24, 2.45) is 0 Å². The number of carbonyl (C=O) groups is 1. The Labute approximate surface area is 62.8 Å². The number of aldehydes is 1. The van der Waals surface area contributed by atoms with E-state index in [9.17, 15) is 4.79 Å².